The van der Waals surface area contributed by atoms with E-state index in [0.717, 1.165) is 6.42 Å². The van der Waals surface area contributed by atoms with Crippen LogP contribution in [-0.4, -0.2) is 15.5 Å². The first-order valence-corrected chi connectivity index (χ1v) is 7.83. The van der Waals surface area contributed by atoms with Crippen molar-refractivity contribution < 1.29 is 8.42 Å². The topological polar surface area (TPSA) is 63.4 Å². The summed E-state index contributed by atoms with van der Waals surface area (Å²) in [4.78, 5) is 0.127. The molecule has 0 heterocycles. The summed E-state index contributed by atoms with van der Waals surface area (Å²) in [6, 6.07) is 13.9. The predicted octanol–water partition coefficient (Wildman–Crippen LogP) is 2.66. The van der Waals surface area contributed by atoms with Crippen molar-refractivity contribution in [1.29, 1.82) is 0 Å². The summed E-state index contributed by atoms with van der Waals surface area (Å²) in [6.07, 6.45) is 0.919. The minimum atomic E-state index is -3.63. The molecule has 2 aromatic carbocycles. The summed E-state index contributed by atoms with van der Waals surface area (Å²) >= 11 is 0. The van der Waals surface area contributed by atoms with Crippen LogP contribution < -0.4 is 10.0 Å². The number of aryl methyl sites for hydroxylation is 1. The van der Waals surface area contributed by atoms with E-state index in [1.807, 2.05) is 12.1 Å². The van der Waals surface area contributed by atoms with E-state index in [2.05, 4.69) is 6.92 Å². The van der Waals surface area contributed by atoms with Crippen LogP contribution in [0, 0.1) is 0 Å². The van der Waals surface area contributed by atoms with Gasteiger partial charge in [0.25, 0.3) is 10.0 Å². The van der Waals surface area contributed by atoms with Crippen LogP contribution in [0.4, 0.5) is 11.4 Å². The summed E-state index contributed by atoms with van der Waals surface area (Å²) in [5, 5.41) is 0. The molecule has 0 atom stereocenters. The molecule has 0 unspecified atom stereocenters. The third-order valence-corrected chi connectivity index (χ3v) is 5.13. The van der Waals surface area contributed by atoms with E-state index < -0.39 is 10.0 Å². The van der Waals surface area contributed by atoms with E-state index in [4.69, 9.17) is 5.73 Å². The van der Waals surface area contributed by atoms with Crippen LogP contribution in [0.25, 0.3) is 0 Å². The van der Waals surface area contributed by atoms with Gasteiger partial charge in [0.15, 0.2) is 0 Å². The molecule has 0 radical (unpaired) electrons. The number of hydrogen-bond donors (Lipinski definition) is 1. The van der Waals surface area contributed by atoms with Crippen LogP contribution in [0.3, 0.4) is 0 Å². The first-order valence-electron chi connectivity index (χ1n) is 6.39. The summed E-state index contributed by atoms with van der Waals surface area (Å²) in [6.45, 7) is 2.06. The fourth-order valence-corrected chi connectivity index (χ4v) is 3.25. The van der Waals surface area contributed by atoms with Gasteiger partial charge in [-0.05, 0) is 36.2 Å². The second-order valence-corrected chi connectivity index (χ2v) is 6.47. The van der Waals surface area contributed by atoms with Crippen molar-refractivity contribution in [3.8, 4) is 0 Å². The molecular weight excluding hydrogens is 272 g/mol. The highest BCUT2D eigenvalue weighted by molar-refractivity contribution is 7.93. The first kappa shape index (κ1) is 14.4. The molecule has 0 aliphatic heterocycles. The normalized spacial score (nSPS) is 11.3. The molecule has 0 aliphatic rings. The van der Waals surface area contributed by atoms with E-state index >= 15 is 0 Å². The average Bonchev–Trinajstić information content (AvgIpc) is 2.47. The smallest absolute Gasteiger partial charge is 0.266 e. The quantitative estimate of drug-likeness (QED) is 0.880. The Balaban J connectivity index is 2.41. The molecular formula is C15H18N2O2S. The second-order valence-electron chi connectivity index (χ2n) is 4.53. The van der Waals surface area contributed by atoms with Crippen LogP contribution in [0.1, 0.15) is 12.5 Å². The standard InChI is InChI=1S/C15H18N2O2S/c1-3-12-8-10-13(11-9-12)17(2)20(18,19)15-7-5-4-6-14(15)16/h4-11H,3,16H2,1-2H3. The number of nitrogens with two attached hydrogens (primary N) is 1. The van der Waals surface area contributed by atoms with Crippen LogP contribution in [-0.2, 0) is 16.4 Å². The van der Waals surface area contributed by atoms with E-state index in [1.54, 1.807) is 30.3 Å². The van der Waals surface area contributed by atoms with Gasteiger partial charge in [-0.2, -0.15) is 0 Å². The van der Waals surface area contributed by atoms with Gasteiger partial charge < -0.3 is 5.73 Å². The van der Waals surface area contributed by atoms with Crippen molar-refractivity contribution in [2.45, 2.75) is 18.2 Å². The Hall–Kier alpha value is -2.01. The summed E-state index contributed by atoms with van der Waals surface area (Å²) in [7, 11) is -2.10. The lowest BCUT2D eigenvalue weighted by Gasteiger charge is -2.20. The van der Waals surface area contributed by atoms with Gasteiger partial charge in [-0.1, -0.05) is 31.2 Å². The lowest BCUT2D eigenvalue weighted by atomic mass is 10.1. The molecule has 0 saturated carbocycles. The maximum atomic E-state index is 12.6. The van der Waals surface area contributed by atoms with E-state index in [0.29, 0.717) is 5.69 Å². The second kappa shape index (κ2) is 5.54. The van der Waals surface area contributed by atoms with Crippen molar-refractivity contribution in [3.05, 3.63) is 54.1 Å². The SMILES string of the molecule is CCc1ccc(N(C)S(=O)(=O)c2ccccc2N)cc1. The Morgan fingerprint density at radius 1 is 1.05 bits per heavy atom. The number of para-hydroxylation sites is 1. The predicted molar refractivity (Wildman–Crippen MR) is 82.3 cm³/mol. The average molecular weight is 290 g/mol. The molecule has 0 spiro atoms. The molecule has 2 aromatic rings. The Bertz CT molecular complexity index is 694. The maximum absolute atomic E-state index is 12.6. The minimum absolute atomic E-state index is 0.127. The summed E-state index contributed by atoms with van der Waals surface area (Å²) < 4.78 is 26.4. The molecule has 4 nitrogen and oxygen atoms in total. The maximum Gasteiger partial charge on any atom is 0.266 e. The van der Waals surface area contributed by atoms with Crippen LogP contribution in [0.2, 0.25) is 0 Å². The number of sulfonamides is 1. The summed E-state index contributed by atoms with van der Waals surface area (Å²) in [5.41, 5.74) is 7.80. The van der Waals surface area contributed by atoms with Gasteiger partial charge >= 0.3 is 0 Å². The zero-order valence-corrected chi connectivity index (χ0v) is 12.4. The summed E-state index contributed by atoms with van der Waals surface area (Å²) in [5.74, 6) is 0. The molecule has 0 fully saturated rings. The van der Waals surface area contributed by atoms with Crippen LogP contribution in [0.5, 0.6) is 0 Å². The highest BCUT2D eigenvalue weighted by Crippen LogP contribution is 2.25. The van der Waals surface area contributed by atoms with Crippen molar-refractivity contribution in [1.82, 2.24) is 0 Å². The molecule has 20 heavy (non-hydrogen) atoms. The van der Waals surface area contributed by atoms with E-state index in [-0.39, 0.29) is 10.6 Å². The Morgan fingerprint density at radius 3 is 2.20 bits per heavy atom. The molecule has 0 saturated heterocycles. The molecule has 0 aromatic heterocycles. The van der Waals surface area contributed by atoms with Gasteiger partial charge in [-0.25, -0.2) is 8.42 Å². The number of benzene rings is 2. The molecule has 2 rings (SSSR count). The third-order valence-electron chi connectivity index (χ3n) is 3.27. The van der Waals surface area contributed by atoms with E-state index in [1.165, 1.54) is 23.0 Å². The molecule has 0 aliphatic carbocycles. The Labute approximate surface area is 119 Å². The van der Waals surface area contributed by atoms with Crippen molar-refractivity contribution >= 4 is 21.4 Å². The highest BCUT2D eigenvalue weighted by Gasteiger charge is 2.23. The lowest BCUT2D eigenvalue weighted by Crippen LogP contribution is -2.27. The van der Waals surface area contributed by atoms with Gasteiger partial charge in [0.2, 0.25) is 0 Å². The monoisotopic (exact) mass is 290 g/mol. The van der Waals surface area contributed by atoms with Gasteiger partial charge in [-0.15, -0.1) is 0 Å². The minimum Gasteiger partial charge on any atom is -0.398 e. The zero-order chi connectivity index (χ0) is 14.8. The van der Waals surface area contributed by atoms with Gasteiger partial charge in [0, 0.05) is 7.05 Å². The molecule has 2 N–H and O–H groups in total. The fraction of sp³-hybridized carbons (Fsp3) is 0.200. The number of nitrogen functional groups attached to an aromatic ring is 1. The van der Waals surface area contributed by atoms with Gasteiger partial charge in [0.1, 0.15) is 4.90 Å². The zero-order valence-electron chi connectivity index (χ0n) is 11.6. The molecule has 106 valence electrons. The van der Waals surface area contributed by atoms with Gasteiger partial charge in [-0.3, -0.25) is 4.31 Å². The number of hydrogen-bond acceptors (Lipinski definition) is 3. The Kier molecular flexibility index (Phi) is 3.99. The molecule has 0 bridgehead atoms. The third kappa shape index (κ3) is 2.63. The van der Waals surface area contributed by atoms with E-state index in [9.17, 15) is 8.42 Å². The Morgan fingerprint density at radius 2 is 1.65 bits per heavy atom. The molecule has 0 amide bonds. The van der Waals surface area contributed by atoms with Crippen LogP contribution >= 0.6 is 0 Å². The number of anilines is 2. The number of rotatable bonds is 4. The van der Waals surface area contributed by atoms with Crippen molar-refractivity contribution in [2.75, 3.05) is 17.1 Å². The first-order chi connectivity index (χ1) is 9.46. The van der Waals surface area contributed by atoms with Gasteiger partial charge in [0.05, 0.1) is 11.4 Å². The lowest BCUT2D eigenvalue weighted by molar-refractivity contribution is 0.595. The molecule has 5 heteroatoms. The van der Waals surface area contributed by atoms with Crippen molar-refractivity contribution in [3.63, 3.8) is 0 Å². The largest absolute Gasteiger partial charge is 0.398 e. The van der Waals surface area contributed by atoms with Crippen LogP contribution in [0.15, 0.2) is 53.4 Å². The van der Waals surface area contributed by atoms with Crippen molar-refractivity contribution in [2.24, 2.45) is 0 Å². The fourth-order valence-electron chi connectivity index (χ4n) is 1.94. The highest BCUT2D eigenvalue weighted by atomic mass is 32.2. The number of nitrogens with zero attached hydrogens (tertiary/aromatic N) is 1.